The molecule has 1 aliphatic carbocycles. The molecule has 0 saturated heterocycles. The van der Waals surface area contributed by atoms with Gasteiger partial charge in [0.25, 0.3) is 11.8 Å². The van der Waals surface area contributed by atoms with Crippen molar-refractivity contribution in [2.45, 2.75) is 32.2 Å². The van der Waals surface area contributed by atoms with Gasteiger partial charge in [-0.05, 0) is 67.1 Å². The molecule has 28 heavy (non-hydrogen) atoms. The number of hydrogen-bond donors (Lipinski definition) is 2. The van der Waals surface area contributed by atoms with Gasteiger partial charge in [0.05, 0.1) is 17.9 Å². The number of aryl methyl sites for hydroxylation is 2. The number of carbonyl (C=O) groups excluding carboxylic acids is 2. The maximum atomic E-state index is 12.6. The second kappa shape index (κ2) is 7.26. The van der Waals surface area contributed by atoms with Crippen LogP contribution < -0.4 is 11.1 Å². The average molecular weight is 375 g/mol. The maximum Gasteiger partial charge on any atom is 0.270 e. The Kier molecular flexibility index (Phi) is 4.65. The van der Waals surface area contributed by atoms with Crippen molar-refractivity contribution in [3.63, 3.8) is 0 Å². The molecule has 0 aliphatic heterocycles. The van der Waals surface area contributed by atoms with Gasteiger partial charge >= 0.3 is 0 Å². The molecule has 4 rings (SSSR count). The quantitative estimate of drug-likeness (QED) is 0.714. The highest BCUT2D eigenvalue weighted by Gasteiger charge is 2.16. The maximum absolute atomic E-state index is 12.6. The molecule has 2 aromatic carbocycles. The summed E-state index contributed by atoms with van der Waals surface area (Å²) in [4.78, 5) is 23.7. The Balaban J connectivity index is 1.45. The first kappa shape index (κ1) is 17.9. The fourth-order valence-corrected chi connectivity index (χ4v) is 3.50. The van der Waals surface area contributed by atoms with E-state index in [1.54, 1.807) is 0 Å². The highest BCUT2D eigenvalue weighted by molar-refractivity contribution is 5.94. The van der Waals surface area contributed by atoms with Crippen molar-refractivity contribution in [2.75, 3.05) is 0 Å². The molecule has 142 valence electrons. The van der Waals surface area contributed by atoms with Crippen LogP contribution in [0, 0.1) is 0 Å². The minimum Gasteiger partial charge on any atom is -0.364 e. The SMILES string of the molecule is CC(NC(=O)c1ccc2c(c1)CCC2)c1ccc(-n2cc(C(N)=O)nn2)cc1. The van der Waals surface area contributed by atoms with Gasteiger partial charge in [0, 0.05) is 5.56 Å². The second-order valence-electron chi connectivity index (χ2n) is 7.04. The Bertz CT molecular complexity index is 1040. The van der Waals surface area contributed by atoms with Crippen molar-refractivity contribution in [1.29, 1.82) is 0 Å². The highest BCUT2D eigenvalue weighted by Crippen LogP contribution is 2.23. The standard InChI is InChI=1S/C21H21N5O2/c1-13(23-21(28)17-6-5-15-3-2-4-16(15)11-17)14-7-9-18(10-8-14)26-12-19(20(22)27)24-25-26/h5-13H,2-4H2,1H3,(H2,22,27)(H,23,28). The van der Waals surface area contributed by atoms with Crippen LogP contribution in [-0.2, 0) is 12.8 Å². The summed E-state index contributed by atoms with van der Waals surface area (Å²) in [5.74, 6) is -0.695. The summed E-state index contributed by atoms with van der Waals surface area (Å²) in [7, 11) is 0. The monoisotopic (exact) mass is 375 g/mol. The van der Waals surface area contributed by atoms with E-state index in [1.807, 2.05) is 43.3 Å². The van der Waals surface area contributed by atoms with Crippen LogP contribution in [-0.4, -0.2) is 26.8 Å². The van der Waals surface area contributed by atoms with Crippen molar-refractivity contribution in [2.24, 2.45) is 5.73 Å². The number of amides is 2. The number of fused-ring (bicyclic) bond motifs is 1. The molecular weight excluding hydrogens is 354 g/mol. The van der Waals surface area contributed by atoms with Gasteiger partial charge < -0.3 is 11.1 Å². The largest absolute Gasteiger partial charge is 0.364 e. The molecule has 0 spiro atoms. The zero-order valence-electron chi connectivity index (χ0n) is 15.6. The van der Waals surface area contributed by atoms with Crippen LogP contribution in [0.25, 0.3) is 5.69 Å². The third kappa shape index (κ3) is 3.51. The molecule has 7 heteroatoms. The van der Waals surface area contributed by atoms with E-state index in [2.05, 4.69) is 21.7 Å². The van der Waals surface area contributed by atoms with Crippen LogP contribution in [0.4, 0.5) is 0 Å². The Hall–Kier alpha value is -3.48. The van der Waals surface area contributed by atoms with Gasteiger partial charge in [-0.25, -0.2) is 4.68 Å². The first-order valence-electron chi connectivity index (χ1n) is 9.26. The van der Waals surface area contributed by atoms with E-state index >= 15 is 0 Å². The van der Waals surface area contributed by atoms with E-state index in [9.17, 15) is 9.59 Å². The number of nitrogens with one attached hydrogen (secondary N) is 1. The predicted octanol–water partition coefficient (Wildman–Crippen LogP) is 2.35. The predicted molar refractivity (Wildman–Crippen MR) is 104 cm³/mol. The molecule has 1 aliphatic rings. The van der Waals surface area contributed by atoms with Crippen LogP contribution in [0.3, 0.4) is 0 Å². The molecule has 7 nitrogen and oxygen atoms in total. The highest BCUT2D eigenvalue weighted by atomic mass is 16.2. The average Bonchev–Trinajstić information content (AvgIpc) is 3.37. The van der Waals surface area contributed by atoms with E-state index in [0.717, 1.165) is 30.5 Å². The fraction of sp³-hybridized carbons (Fsp3) is 0.238. The Morgan fingerprint density at radius 1 is 1.11 bits per heavy atom. The molecule has 0 bridgehead atoms. The third-order valence-corrected chi connectivity index (χ3v) is 5.11. The number of primary amides is 1. The van der Waals surface area contributed by atoms with Crippen LogP contribution in [0.1, 0.15) is 56.9 Å². The van der Waals surface area contributed by atoms with Gasteiger partial charge in [-0.2, -0.15) is 0 Å². The number of hydrogen-bond acceptors (Lipinski definition) is 4. The summed E-state index contributed by atoms with van der Waals surface area (Å²) < 4.78 is 1.48. The summed E-state index contributed by atoms with van der Waals surface area (Å²) in [6.45, 7) is 1.95. The lowest BCUT2D eigenvalue weighted by Gasteiger charge is -2.15. The lowest BCUT2D eigenvalue weighted by molar-refractivity contribution is 0.0938. The number of carbonyl (C=O) groups is 2. The fourth-order valence-electron chi connectivity index (χ4n) is 3.50. The molecule has 0 saturated carbocycles. The molecule has 3 aromatic rings. The first-order chi connectivity index (χ1) is 13.5. The van der Waals surface area contributed by atoms with E-state index in [4.69, 9.17) is 5.73 Å². The molecule has 1 aromatic heterocycles. The smallest absolute Gasteiger partial charge is 0.270 e. The summed E-state index contributed by atoms with van der Waals surface area (Å²) in [5.41, 5.74) is 10.4. The van der Waals surface area contributed by atoms with Gasteiger partial charge in [-0.15, -0.1) is 5.10 Å². The van der Waals surface area contributed by atoms with Gasteiger partial charge in [0.2, 0.25) is 0 Å². The molecule has 2 amide bonds. The minimum atomic E-state index is -0.620. The minimum absolute atomic E-state index is 0.0753. The molecule has 1 unspecified atom stereocenters. The normalized spacial score (nSPS) is 13.8. The molecule has 1 atom stereocenters. The zero-order valence-corrected chi connectivity index (χ0v) is 15.6. The van der Waals surface area contributed by atoms with Gasteiger partial charge in [0.15, 0.2) is 5.69 Å². The van der Waals surface area contributed by atoms with Crippen molar-refractivity contribution < 1.29 is 9.59 Å². The molecule has 0 fully saturated rings. The van der Waals surface area contributed by atoms with Crippen LogP contribution >= 0.6 is 0 Å². The topological polar surface area (TPSA) is 103 Å². The number of benzene rings is 2. The van der Waals surface area contributed by atoms with Crippen molar-refractivity contribution >= 4 is 11.8 Å². The summed E-state index contributed by atoms with van der Waals surface area (Å²) in [5, 5.41) is 10.7. The van der Waals surface area contributed by atoms with E-state index in [1.165, 1.54) is 22.0 Å². The summed E-state index contributed by atoms with van der Waals surface area (Å²) >= 11 is 0. The second-order valence-corrected chi connectivity index (χ2v) is 7.04. The molecule has 1 heterocycles. The Labute approximate surface area is 162 Å². The van der Waals surface area contributed by atoms with Gasteiger partial charge in [0.1, 0.15) is 0 Å². The van der Waals surface area contributed by atoms with Gasteiger partial charge in [-0.3, -0.25) is 9.59 Å². The van der Waals surface area contributed by atoms with E-state index in [-0.39, 0.29) is 17.6 Å². The molecule has 3 N–H and O–H groups in total. The molecule has 0 radical (unpaired) electrons. The van der Waals surface area contributed by atoms with Crippen LogP contribution in [0.15, 0.2) is 48.7 Å². The van der Waals surface area contributed by atoms with E-state index in [0.29, 0.717) is 5.56 Å². The molecular formula is C21H21N5O2. The van der Waals surface area contributed by atoms with Crippen molar-refractivity contribution in [1.82, 2.24) is 20.3 Å². The lowest BCUT2D eigenvalue weighted by atomic mass is 10.0. The number of nitrogens with zero attached hydrogens (tertiary/aromatic N) is 3. The first-order valence-corrected chi connectivity index (χ1v) is 9.26. The van der Waals surface area contributed by atoms with E-state index < -0.39 is 5.91 Å². The Morgan fingerprint density at radius 3 is 2.57 bits per heavy atom. The summed E-state index contributed by atoms with van der Waals surface area (Å²) in [6, 6.07) is 13.4. The lowest BCUT2D eigenvalue weighted by Crippen LogP contribution is -2.26. The Morgan fingerprint density at radius 2 is 1.86 bits per heavy atom. The van der Waals surface area contributed by atoms with Crippen molar-refractivity contribution in [3.05, 3.63) is 76.6 Å². The number of aromatic nitrogens is 3. The van der Waals surface area contributed by atoms with Gasteiger partial charge in [-0.1, -0.05) is 23.4 Å². The number of rotatable bonds is 5. The number of nitrogens with two attached hydrogens (primary N) is 1. The summed E-state index contributed by atoms with van der Waals surface area (Å²) in [6.07, 6.45) is 4.80. The van der Waals surface area contributed by atoms with Crippen molar-refractivity contribution in [3.8, 4) is 5.69 Å². The van der Waals surface area contributed by atoms with Crippen LogP contribution in [0.5, 0.6) is 0 Å². The third-order valence-electron chi connectivity index (χ3n) is 5.11. The van der Waals surface area contributed by atoms with Crippen LogP contribution in [0.2, 0.25) is 0 Å². The zero-order chi connectivity index (χ0) is 19.7.